The summed E-state index contributed by atoms with van der Waals surface area (Å²) in [5.41, 5.74) is 2.94. The van der Waals surface area contributed by atoms with Crippen LogP contribution in [0, 0.1) is 6.92 Å². The smallest absolute Gasteiger partial charge is 0.322 e. The van der Waals surface area contributed by atoms with Gasteiger partial charge in [-0.25, -0.2) is 14.8 Å². The van der Waals surface area contributed by atoms with Crippen LogP contribution in [0.1, 0.15) is 12.5 Å². The zero-order valence-corrected chi connectivity index (χ0v) is 25.4. The van der Waals surface area contributed by atoms with Crippen molar-refractivity contribution in [2.24, 2.45) is 0 Å². The lowest BCUT2D eigenvalue weighted by Crippen LogP contribution is -2.55. The number of carbonyl (C=O) groups excluding carboxylic acids is 2. The number of aromatic nitrogens is 2. The van der Waals surface area contributed by atoms with Gasteiger partial charge < -0.3 is 24.9 Å². The van der Waals surface area contributed by atoms with Crippen LogP contribution in [0.4, 0.5) is 22.0 Å². The summed E-state index contributed by atoms with van der Waals surface area (Å²) in [5, 5.41) is 4.49. The number of carbonyl (C=O) groups is 2. The molecule has 1 atom stereocenters. The van der Waals surface area contributed by atoms with Crippen molar-refractivity contribution in [2.45, 2.75) is 25.0 Å². The SMILES string of the molecule is Cc1cccc(NC(=O)N2CCN(c3cc(Cl)nc(SCC(=O)N4CCN(c5cccc(Cl)c5)CC4)n3)C[C@@H]2C)c1. The van der Waals surface area contributed by atoms with Crippen LogP contribution in [0.15, 0.2) is 59.8 Å². The van der Waals surface area contributed by atoms with Gasteiger partial charge in [0.1, 0.15) is 11.0 Å². The van der Waals surface area contributed by atoms with Crippen molar-refractivity contribution in [3.8, 4) is 0 Å². The van der Waals surface area contributed by atoms with E-state index in [-0.39, 0.29) is 23.7 Å². The van der Waals surface area contributed by atoms with E-state index in [0.29, 0.717) is 53.9 Å². The summed E-state index contributed by atoms with van der Waals surface area (Å²) in [6.07, 6.45) is 0. The van der Waals surface area contributed by atoms with Gasteiger partial charge in [-0.3, -0.25) is 4.79 Å². The summed E-state index contributed by atoms with van der Waals surface area (Å²) in [5.74, 6) is 0.980. The quantitative estimate of drug-likeness (QED) is 0.230. The van der Waals surface area contributed by atoms with Crippen molar-refractivity contribution in [3.63, 3.8) is 0 Å². The molecule has 1 aromatic heterocycles. The van der Waals surface area contributed by atoms with Gasteiger partial charge >= 0.3 is 6.03 Å². The predicted octanol–water partition coefficient (Wildman–Crippen LogP) is 5.28. The molecule has 0 spiro atoms. The number of thioether (sulfide) groups is 1. The Bertz CT molecular complexity index is 1400. The molecule has 0 saturated carbocycles. The molecule has 3 amide bonds. The molecule has 5 rings (SSSR count). The minimum Gasteiger partial charge on any atom is -0.368 e. The highest BCUT2D eigenvalue weighted by molar-refractivity contribution is 7.99. The highest BCUT2D eigenvalue weighted by atomic mass is 35.5. The zero-order chi connectivity index (χ0) is 28.9. The summed E-state index contributed by atoms with van der Waals surface area (Å²) in [6, 6.07) is 17.1. The largest absolute Gasteiger partial charge is 0.368 e. The molecule has 0 radical (unpaired) electrons. The summed E-state index contributed by atoms with van der Waals surface area (Å²) in [4.78, 5) is 43.0. The summed E-state index contributed by atoms with van der Waals surface area (Å²) in [7, 11) is 0. The van der Waals surface area contributed by atoms with E-state index in [1.54, 1.807) is 6.07 Å². The number of rotatable bonds is 6. The average Bonchev–Trinajstić information content (AvgIpc) is 2.95. The fourth-order valence-electron chi connectivity index (χ4n) is 5.10. The van der Waals surface area contributed by atoms with Gasteiger partial charge in [-0.1, -0.05) is 53.2 Å². The third-order valence-electron chi connectivity index (χ3n) is 7.27. The van der Waals surface area contributed by atoms with E-state index in [1.807, 2.05) is 72.2 Å². The second kappa shape index (κ2) is 13.2. The van der Waals surface area contributed by atoms with Crippen LogP contribution in [-0.2, 0) is 4.79 Å². The fraction of sp³-hybridized carbons (Fsp3) is 0.379. The molecule has 216 valence electrons. The van der Waals surface area contributed by atoms with Gasteiger partial charge in [0.25, 0.3) is 0 Å². The number of hydrogen-bond acceptors (Lipinski definition) is 7. The van der Waals surface area contributed by atoms with Crippen LogP contribution in [0.5, 0.6) is 0 Å². The van der Waals surface area contributed by atoms with Crippen molar-refractivity contribution in [1.82, 2.24) is 19.8 Å². The standard InChI is InChI=1S/C29H33Cl2N7O2S/c1-20-5-3-7-23(15-20)32-29(40)38-14-13-37(18-21(38)2)26-17-25(31)33-28(34-26)41-19-27(39)36-11-9-35(10-12-36)24-8-4-6-22(30)16-24/h3-8,15-17,21H,9-14,18-19H2,1-2H3,(H,32,40)/t21-/m0/s1. The molecule has 2 aliphatic rings. The number of aryl methyl sites for hydroxylation is 1. The topological polar surface area (TPSA) is 84.9 Å². The number of benzene rings is 2. The highest BCUT2D eigenvalue weighted by Gasteiger charge is 2.29. The van der Waals surface area contributed by atoms with Gasteiger partial charge in [0.05, 0.1) is 5.75 Å². The summed E-state index contributed by atoms with van der Waals surface area (Å²) in [6.45, 7) is 8.57. The molecule has 41 heavy (non-hydrogen) atoms. The number of amides is 3. The number of nitrogens with zero attached hydrogens (tertiary/aromatic N) is 6. The molecule has 0 unspecified atom stereocenters. The molecule has 3 aromatic rings. The number of halogens is 2. The van der Waals surface area contributed by atoms with Gasteiger partial charge in [-0.15, -0.1) is 0 Å². The molecular weight excluding hydrogens is 581 g/mol. The normalized spacial score (nSPS) is 17.5. The van der Waals surface area contributed by atoms with Gasteiger partial charge in [0.15, 0.2) is 5.16 Å². The Morgan fingerprint density at radius 2 is 1.71 bits per heavy atom. The molecule has 2 aromatic carbocycles. The van der Waals surface area contributed by atoms with E-state index < -0.39 is 0 Å². The van der Waals surface area contributed by atoms with Crippen LogP contribution in [0.3, 0.4) is 0 Å². The second-order valence-electron chi connectivity index (χ2n) is 10.3. The summed E-state index contributed by atoms with van der Waals surface area (Å²) >= 11 is 13.8. The van der Waals surface area contributed by atoms with Gasteiger partial charge in [0, 0.05) is 74.3 Å². The number of nitrogens with one attached hydrogen (secondary N) is 1. The number of hydrogen-bond donors (Lipinski definition) is 1. The van der Waals surface area contributed by atoms with Gasteiger partial charge in [0.2, 0.25) is 5.91 Å². The number of anilines is 3. The van der Waals surface area contributed by atoms with E-state index in [0.717, 1.165) is 30.0 Å². The Hall–Kier alpha value is -3.21. The molecule has 1 N–H and O–H groups in total. The molecule has 0 aliphatic carbocycles. The molecule has 2 saturated heterocycles. The van der Waals surface area contributed by atoms with E-state index in [4.69, 9.17) is 28.2 Å². The first-order valence-electron chi connectivity index (χ1n) is 13.6. The number of piperazine rings is 2. The fourth-order valence-corrected chi connectivity index (χ4v) is 6.27. The molecule has 9 nitrogen and oxygen atoms in total. The third kappa shape index (κ3) is 7.55. The van der Waals surface area contributed by atoms with E-state index in [1.165, 1.54) is 11.8 Å². The van der Waals surface area contributed by atoms with E-state index >= 15 is 0 Å². The first-order valence-corrected chi connectivity index (χ1v) is 15.3. The lowest BCUT2D eigenvalue weighted by molar-refractivity contribution is -0.128. The van der Waals surface area contributed by atoms with Crippen molar-refractivity contribution in [2.75, 3.05) is 66.7 Å². The molecule has 2 aliphatic heterocycles. The van der Waals surface area contributed by atoms with Crippen LogP contribution in [0.2, 0.25) is 10.2 Å². The molecule has 3 heterocycles. The Labute approximate surface area is 254 Å². The minimum absolute atomic E-state index is 0.0365. The Morgan fingerprint density at radius 3 is 2.44 bits per heavy atom. The Kier molecular flexibility index (Phi) is 9.42. The lowest BCUT2D eigenvalue weighted by Gasteiger charge is -2.40. The minimum atomic E-state index is -0.119. The van der Waals surface area contributed by atoms with E-state index in [9.17, 15) is 9.59 Å². The van der Waals surface area contributed by atoms with Crippen LogP contribution < -0.4 is 15.1 Å². The Morgan fingerprint density at radius 1 is 0.951 bits per heavy atom. The molecule has 0 bridgehead atoms. The average molecular weight is 615 g/mol. The van der Waals surface area contributed by atoms with Crippen LogP contribution in [0.25, 0.3) is 0 Å². The summed E-state index contributed by atoms with van der Waals surface area (Å²) < 4.78 is 0. The molecule has 2 fully saturated rings. The van der Waals surface area contributed by atoms with Crippen LogP contribution >= 0.6 is 35.0 Å². The second-order valence-corrected chi connectivity index (χ2v) is 12.0. The molecular formula is C29H33Cl2N7O2S. The maximum Gasteiger partial charge on any atom is 0.322 e. The van der Waals surface area contributed by atoms with Crippen molar-refractivity contribution < 1.29 is 9.59 Å². The van der Waals surface area contributed by atoms with Crippen molar-refractivity contribution >= 4 is 64.1 Å². The highest BCUT2D eigenvalue weighted by Crippen LogP contribution is 2.26. The first kappa shape index (κ1) is 29.3. The maximum absolute atomic E-state index is 13.0. The number of urea groups is 1. The molecule has 12 heteroatoms. The van der Waals surface area contributed by atoms with E-state index in [2.05, 4.69) is 20.1 Å². The van der Waals surface area contributed by atoms with Crippen LogP contribution in [-0.4, -0.2) is 89.3 Å². The maximum atomic E-state index is 13.0. The Balaban J connectivity index is 1.13. The predicted molar refractivity (Wildman–Crippen MR) is 167 cm³/mol. The zero-order valence-electron chi connectivity index (χ0n) is 23.1. The van der Waals surface area contributed by atoms with Crippen molar-refractivity contribution in [1.29, 1.82) is 0 Å². The first-order chi connectivity index (χ1) is 19.7. The van der Waals surface area contributed by atoms with Gasteiger partial charge in [-0.2, -0.15) is 0 Å². The lowest BCUT2D eigenvalue weighted by atomic mass is 10.2. The van der Waals surface area contributed by atoms with Crippen molar-refractivity contribution in [3.05, 3.63) is 70.3 Å². The monoisotopic (exact) mass is 613 g/mol. The van der Waals surface area contributed by atoms with Gasteiger partial charge in [-0.05, 0) is 49.7 Å². The third-order valence-corrected chi connectivity index (χ3v) is 8.53.